The maximum Gasteiger partial charge on any atom is -0.0236 e. The number of rotatable bonds is 1. The normalized spacial score (nSPS) is 9.40. The Morgan fingerprint density at radius 2 is 2.10 bits per heavy atom. The highest BCUT2D eigenvalue weighted by molar-refractivity contribution is 5.50. The molecule has 1 rings (SSSR count). The zero-order chi connectivity index (χ0) is 7.56. The molecule has 0 aliphatic heterocycles. The number of hydrogen-bond acceptors (Lipinski definition) is 0. The minimum Gasteiger partial charge on any atom is -0.0985 e. The van der Waals surface area contributed by atoms with Crippen molar-refractivity contribution >= 4 is 6.08 Å². The minimum absolute atomic E-state index is 1.09. The highest BCUT2D eigenvalue weighted by Crippen LogP contribution is 2.09. The molecule has 0 atom stereocenters. The summed E-state index contributed by atoms with van der Waals surface area (Å²) < 4.78 is 0. The lowest BCUT2D eigenvalue weighted by atomic mass is 10.1. The van der Waals surface area contributed by atoms with Gasteiger partial charge in [-0.3, -0.25) is 0 Å². The molecule has 51 valence electrons. The summed E-state index contributed by atoms with van der Waals surface area (Å²) in [7, 11) is 0. The van der Waals surface area contributed by atoms with E-state index in [-0.39, 0.29) is 0 Å². The Balaban J connectivity index is 3.16. The molecule has 0 saturated carbocycles. The van der Waals surface area contributed by atoms with Gasteiger partial charge in [-0.15, -0.1) is 0 Å². The van der Waals surface area contributed by atoms with Crippen LogP contribution in [0, 0.1) is 13.8 Å². The maximum absolute atomic E-state index is 3.86. The van der Waals surface area contributed by atoms with Gasteiger partial charge in [0.2, 0.25) is 0 Å². The summed E-state index contributed by atoms with van der Waals surface area (Å²) in [6.07, 6.45) is 1.84. The summed E-state index contributed by atoms with van der Waals surface area (Å²) >= 11 is 0. The van der Waals surface area contributed by atoms with Gasteiger partial charge in [0.25, 0.3) is 0 Å². The monoisotopic (exact) mass is 131 g/mol. The minimum atomic E-state index is 1.09. The van der Waals surface area contributed by atoms with Crippen molar-refractivity contribution in [1.82, 2.24) is 0 Å². The Kier molecular flexibility index (Phi) is 1.91. The van der Waals surface area contributed by atoms with Crippen LogP contribution < -0.4 is 0 Å². The topological polar surface area (TPSA) is 0 Å². The lowest BCUT2D eigenvalue weighted by Crippen LogP contribution is -1.80. The molecule has 0 amide bonds. The molecule has 0 saturated heterocycles. The zero-order valence-corrected chi connectivity index (χ0v) is 6.22. The average molecular weight is 131 g/mol. The van der Waals surface area contributed by atoms with Crippen LogP contribution in [-0.4, -0.2) is 0 Å². The van der Waals surface area contributed by atoms with E-state index in [1.807, 2.05) is 18.2 Å². The van der Waals surface area contributed by atoms with Crippen molar-refractivity contribution in [2.75, 3.05) is 0 Å². The van der Waals surface area contributed by atoms with Gasteiger partial charge in [0.15, 0.2) is 0 Å². The summed E-state index contributed by atoms with van der Waals surface area (Å²) in [5, 5.41) is 0. The van der Waals surface area contributed by atoms with Crippen LogP contribution in [0.5, 0.6) is 0 Å². The fourth-order valence-corrected chi connectivity index (χ4v) is 0.846. The Morgan fingerprint density at radius 1 is 1.40 bits per heavy atom. The molecule has 0 unspecified atom stereocenters. The smallest absolute Gasteiger partial charge is 0.0236 e. The van der Waals surface area contributed by atoms with Gasteiger partial charge in [-0.05, 0) is 30.5 Å². The number of hydrogen-bond donors (Lipinski definition) is 0. The van der Waals surface area contributed by atoms with Crippen LogP contribution in [0.4, 0.5) is 0 Å². The quantitative estimate of drug-likeness (QED) is 0.549. The molecule has 0 aliphatic carbocycles. The third-order valence-corrected chi connectivity index (χ3v) is 1.60. The van der Waals surface area contributed by atoms with Crippen molar-refractivity contribution in [2.45, 2.75) is 6.92 Å². The zero-order valence-electron chi connectivity index (χ0n) is 6.22. The van der Waals surface area contributed by atoms with Crippen LogP contribution in [0.25, 0.3) is 6.08 Å². The van der Waals surface area contributed by atoms with Crippen molar-refractivity contribution in [3.05, 3.63) is 48.4 Å². The van der Waals surface area contributed by atoms with Crippen molar-refractivity contribution in [1.29, 1.82) is 0 Å². The highest BCUT2D eigenvalue weighted by Gasteiger charge is 1.90. The predicted octanol–water partition coefficient (Wildman–Crippen LogP) is 2.82. The van der Waals surface area contributed by atoms with Gasteiger partial charge < -0.3 is 0 Å². The molecule has 0 N–H and O–H groups in total. The highest BCUT2D eigenvalue weighted by atomic mass is 14.0. The van der Waals surface area contributed by atoms with Crippen LogP contribution in [0.2, 0.25) is 0 Å². The van der Waals surface area contributed by atoms with Gasteiger partial charge in [-0.1, -0.05) is 30.9 Å². The van der Waals surface area contributed by atoms with E-state index in [4.69, 9.17) is 0 Å². The first-order chi connectivity index (χ1) is 4.74. The average Bonchev–Trinajstić information content (AvgIpc) is 1.95. The first kappa shape index (κ1) is 7.07. The molecule has 0 aliphatic rings. The number of benzene rings is 1. The van der Waals surface area contributed by atoms with Gasteiger partial charge in [-0.2, -0.15) is 0 Å². The van der Waals surface area contributed by atoms with E-state index in [2.05, 4.69) is 26.5 Å². The molecule has 0 heteroatoms. The molecule has 0 spiro atoms. The maximum atomic E-state index is 3.86. The molecule has 0 fully saturated rings. The molecule has 1 radical (unpaired) electrons. The van der Waals surface area contributed by atoms with Gasteiger partial charge in [-0.25, -0.2) is 0 Å². The fourth-order valence-electron chi connectivity index (χ4n) is 0.846. The van der Waals surface area contributed by atoms with E-state index >= 15 is 0 Å². The molecule has 0 bridgehead atoms. The van der Waals surface area contributed by atoms with E-state index in [9.17, 15) is 0 Å². The van der Waals surface area contributed by atoms with Crippen molar-refractivity contribution < 1.29 is 0 Å². The summed E-state index contributed by atoms with van der Waals surface area (Å²) in [6.45, 7) is 9.59. The van der Waals surface area contributed by atoms with Crippen LogP contribution in [0.15, 0.2) is 24.8 Å². The number of aryl methyl sites for hydroxylation is 1. The first-order valence-electron chi connectivity index (χ1n) is 3.29. The molecule has 1 aromatic carbocycles. The first-order valence-corrected chi connectivity index (χ1v) is 3.29. The van der Waals surface area contributed by atoms with Crippen LogP contribution in [0.1, 0.15) is 16.7 Å². The fraction of sp³-hybridized carbons (Fsp3) is 0.100. The van der Waals surface area contributed by atoms with Crippen LogP contribution in [-0.2, 0) is 0 Å². The van der Waals surface area contributed by atoms with Crippen molar-refractivity contribution in [3.63, 3.8) is 0 Å². The Morgan fingerprint density at radius 3 is 2.60 bits per heavy atom. The largest absolute Gasteiger partial charge is 0.0985 e. The second-order valence-corrected chi connectivity index (χ2v) is 2.39. The molecule has 0 aromatic heterocycles. The Labute approximate surface area is 62.2 Å². The standard InChI is InChI=1S/C10H11/c1-4-10-6-5-8(2)9(3)7-10/h4-7H,1-2H2,3H3. The van der Waals surface area contributed by atoms with E-state index in [0.717, 1.165) is 11.1 Å². The second kappa shape index (κ2) is 2.70. The predicted molar refractivity (Wildman–Crippen MR) is 45.7 cm³/mol. The molecule has 1 aromatic rings. The van der Waals surface area contributed by atoms with Gasteiger partial charge in [0, 0.05) is 0 Å². The lowest BCUT2D eigenvalue weighted by Gasteiger charge is -1.99. The third kappa shape index (κ3) is 1.27. The van der Waals surface area contributed by atoms with Crippen molar-refractivity contribution in [3.8, 4) is 0 Å². The summed E-state index contributed by atoms with van der Waals surface area (Å²) in [6, 6.07) is 6.10. The van der Waals surface area contributed by atoms with Crippen molar-refractivity contribution in [2.24, 2.45) is 0 Å². The van der Waals surface area contributed by atoms with Crippen LogP contribution >= 0.6 is 0 Å². The molecular formula is C10H11. The summed E-state index contributed by atoms with van der Waals surface area (Å²) in [4.78, 5) is 0. The van der Waals surface area contributed by atoms with Crippen LogP contribution in [0.3, 0.4) is 0 Å². The van der Waals surface area contributed by atoms with E-state index in [1.165, 1.54) is 5.56 Å². The van der Waals surface area contributed by atoms with Gasteiger partial charge in [0.05, 0.1) is 0 Å². The van der Waals surface area contributed by atoms with E-state index in [1.54, 1.807) is 0 Å². The second-order valence-electron chi connectivity index (χ2n) is 2.39. The van der Waals surface area contributed by atoms with E-state index in [0.29, 0.717) is 0 Å². The SMILES string of the molecule is [CH2]c1ccc(C=C)cc1C. The molecule has 0 nitrogen and oxygen atoms in total. The van der Waals surface area contributed by atoms with Gasteiger partial charge >= 0.3 is 0 Å². The molecule has 10 heavy (non-hydrogen) atoms. The Bertz CT molecular complexity index is 246. The molecule has 0 heterocycles. The summed E-state index contributed by atoms with van der Waals surface area (Å²) in [5.74, 6) is 0. The third-order valence-electron chi connectivity index (χ3n) is 1.60. The van der Waals surface area contributed by atoms with Gasteiger partial charge in [0.1, 0.15) is 0 Å². The Hall–Kier alpha value is -1.04. The molecular weight excluding hydrogens is 120 g/mol. The summed E-state index contributed by atoms with van der Waals surface area (Å²) in [5.41, 5.74) is 3.47. The lowest BCUT2D eigenvalue weighted by molar-refractivity contribution is 1.41. The van der Waals surface area contributed by atoms with E-state index < -0.39 is 0 Å².